The second-order valence-corrected chi connectivity index (χ2v) is 10.4. The maximum Gasteiger partial charge on any atom is 0.264 e. The van der Waals surface area contributed by atoms with Crippen LogP contribution in [0.2, 0.25) is 0 Å². The van der Waals surface area contributed by atoms with Crippen LogP contribution in [0.1, 0.15) is 44.4 Å². The van der Waals surface area contributed by atoms with E-state index in [1.54, 1.807) is 0 Å². The van der Waals surface area contributed by atoms with E-state index >= 15 is 0 Å². The van der Waals surface area contributed by atoms with E-state index in [1.807, 2.05) is 30.3 Å². The van der Waals surface area contributed by atoms with Crippen molar-refractivity contribution in [3.05, 3.63) is 68.5 Å². The van der Waals surface area contributed by atoms with Crippen LogP contribution < -0.4 is 10.2 Å². The summed E-state index contributed by atoms with van der Waals surface area (Å²) in [6.07, 6.45) is 4.30. The van der Waals surface area contributed by atoms with Crippen molar-refractivity contribution in [2.24, 2.45) is 4.99 Å². The van der Waals surface area contributed by atoms with Gasteiger partial charge in [0.25, 0.3) is 5.91 Å². The fourth-order valence-corrected chi connectivity index (χ4v) is 5.33. The maximum atomic E-state index is 12.6. The number of fused-ring (bicyclic) bond motifs is 1. The number of aliphatic imine (C=N–C) groups is 1. The minimum Gasteiger partial charge on any atom is -0.363 e. The molecule has 1 saturated heterocycles. The zero-order valence-corrected chi connectivity index (χ0v) is 20.8. The summed E-state index contributed by atoms with van der Waals surface area (Å²) in [4.78, 5) is 20.2. The second kappa shape index (κ2) is 8.32. The normalized spacial score (nSPS) is 20.1. The Morgan fingerprint density at radius 2 is 1.90 bits per heavy atom. The summed E-state index contributed by atoms with van der Waals surface area (Å²) in [5, 5.41) is 3.48. The van der Waals surface area contributed by atoms with E-state index in [9.17, 15) is 4.79 Å². The van der Waals surface area contributed by atoms with Crippen molar-refractivity contribution in [2.75, 3.05) is 11.4 Å². The number of carbonyl (C=O) groups is 1. The number of benzene rings is 2. The van der Waals surface area contributed by atoms with Crippen LogP contribution in [-0.2, 0) is 4.79 Å². The van der Waals surface area contributed by atoms with Gasteiger partial charge in [-0.1, -0.05) is 22.0 Å². The molecular weight excluding hydrogens is 470 g/mol. The number of rotatable bonds is 3. The molecule has 0 bridgehead atoms. The predicted octanol–water partition coefficient (Wildman–Crippen LogP) is 6.67. The smallest absolute Gasteiger partial charge is 0.264 e. The highest BCUT2D eigenvalue weighted by Gasteiger charge is 2.31. The van der Waals surface area contributed by atoms with Gasteiger partial charge in [0.15, 0.2) is 5.17 Å². The van der Waals surface area contributed by atoms with E-state index in [4.69, 9.17) is 0 Å². The van der Waals surface area contributed by atoms with E-state index in [1.165, 1.54) is 28.6 Å². The second-order valence-electron chi connectivity index (χ2n) is 8.41. The predicted molar refractivity (Wildman–Crippen MR) is 137 cm³/mol. The zero-order valence-electron chi connectivity index (χ0n) is 18.4. The molecular formula is C25H26BrN3OS. The van der Waals surface area contributed by atoms with Crippen molar-refractivity contribution in [2.45, 2.75) is 40.2 Å². The Hall–Kier alpha value is -2.31. The molecule has 2 heterocycles. The zero-order chi connectivity index (χ0) is 22.3. The number of thioether (sulfide) groups is 1. The highest BCUT2D eigenvalue weighted by Crippen LogP contribution is 2.41. The van der Waals surface area contributed by atoms with Gasteiger partial charge < -0.3 is 10.2 Å². The molecule has 160 valence electrons. The summed E-state index contributed by atoms with van der Waals surface area (Å²) in [7, 11) is 0. The van der Waals surface area contributed by atoms with Gasteiger partial charge in [-0.3, -0.25) is 4.79 Å². The number of hydrogen-bond donors (Lipinski definition) is 1. The summed E-state index contributed by atoms with van der Waals surface area (Å²) in [5.41, 5.74) is 6.76. The molecule has 0 spiro atoms. The average molecular weight is 496 g/mol. The summed E-state index contributed by atoms with van der Waals surface area (Å²) in [6, 6.07) is 12.1. The van der Waals surface area contributed by atoms with Gasteiger partial charge in [0, 0.05) is 22.3 Å². The number of aryl methyl sites for hydroxylation is 1. The molecule has 2 aliphatic rings. The molecule has 0 saturated carbocycles. The van der Waals surface area contributed by atoms with Crippen LogP contribution >= 0.6 is 27.7 Å². The Morgan fingerprint density at radius 1 is 1.19 bits per heavy atom. The lowest BCUT2D eigenvalue weighted by atomic mass is 9.87. The van der Waals surface area contributed by atoms with Gasteiger partial charge in [-0.15, -0.1) is 0 Å². The Morgan fingerprint density at radius 3 is 2.58 bits per heavy atom. The molecule has 0 unspecified atom stereocenters. The molecule has 0 aliphatic carbocycles. The topological polar surface area (TPSA) is 44.7 Å². The number of halogens is 1. The fraction of sp³-hybridized carbons (Fsp3) is 0.280. The summed E-state index contributed by atoms with van der Waals surface area (Å²) >= 11 is 4.80. The van der Waals surface area contributed by atoms with Crippen LogP contribution in [0.25, 0.3) is 11.6 Å². The third kappa shape index (κ3) is 4.37. The number of anilines is 1. The monoisotopic (exact) mass is 495 g/mol. The standard InChI is InChI=1S/C25H26BrN3OS/c1-6-29-21-11-15(2)17(12-20(21)16(3)14-25(29,4)5)13-22-23(30)28-24(31-22)27-19-9-7-18(26)8-10-19/h7-14H,6H2,1-5H3,(H,27,28,30)/b22-13-. The van der Waals surface area contributed by atoms with Gasteiger partial charge in [0.05, 0.1) is 16.1 Å². The van der Waals surface area contributed by atoms with Crippen LogP contribution in [0.3, 0.4) is 0 Å². The minimum atomic E-state index is -0.110. The molecule has 0 aromatic heterocycles. The highest BCUT2D eigenvalue weighted by molar-refractivity contribution is 9.10. The molecule has 2 aromatic carbocycles. The van der Waals surface area contributed by atoms with Gasteiger partial charge >= 0.3 is 0 Å². The Bertz CT molecular complexity index is 1150. The van der Waals surface area contributed by atoms with E-state index < -0.39 is 0 Å². The summed E-state index contributed by atoms with van der Waals surface area (Å²) in [5.74, 6) is -0.110. The van der Waals surface area contributed by atoms with Crippen LogP contribution in [0.4, 0.5) is 11.4 Å². The van der Waals surface area contributed by atoms with Crippen LogP contribution in [0.15, 0.2) is 56.8 Å². The number of carbonyl (C=O) groups excluding carboxylic acids is 1. The Balaban J connectivity index is 1.67. The number of allylic oxidation sites excluding steroid dienone is 1. The molecule has 2 aliphatic heterocycles. The van der Waals surface area contributed by atoms with E-state index in [2.05, 4.69) is 84.0 Å². The van der Waals surface area contributed by atoms with Gasteiger partial charge in [0.1, 0.15) is 0 Å². The third-order valence-corrected chi connectivity index (χ3v) is 7.11. The minimum absolute atomic E-state index is 0.0160. The molecule has 6 heteroatoms. The SMILES string of the molecule is CCN1c2cc(C)c(/C=C3\SC(=Nc4ccc(Br)cc4)NC3=O)cc2C(C)=CC1(C)C. The first-order valence-corrected chi connectivity index (χ1v) is 12.0. The molecule has 1 amide bonds. The first-order valence-electron chi connectivity index (χ1n) is 10.3. The van der Waals surface area contributed by atoms with Gasteiger partial charge in [0.2, 0.25) is 0 Å². The number of amides is 1. The quantitative estimate of drug-likeness (QED) is 0.483. The van der Waals surface area contributed by atoms with Crippen molar-refractivity contribution in [3.63, 3.8) is 0 Å². The number of likely N-dealkylation sites (N-methyl/N-ethyl adjacent to an activating group) is 1. The van der Waals surface area contributed by atoms with Gasteiger partial charge in [-0.25, -0.2) is 4.99 Å². The fourth-order valence-electron chi connectivity index (χ4n) is 4.23. The third-order valence-electron chi connectivity index (χ3n) is 5.68. The van der Waals surface area contributed by atoms with Crippen LogP contribution in [0, 0.1) is 6.92 Å². The van der Waals surface area contributed by atoms with Crippen molar-refractivity contribution in [3.8, 4) is 0 Å². The Kier molecular flexibility index (Phi) is 5.88. The van der Waals surface area contributed by atoms with Crippen molar-refractivity contribution in [1.82, 2.24) is 5.32 Å². The molecule has 4 nitrogen and oxygen atoms in total. The highest BCUT2D eigenvalue weighted by atomic mass is 79.9. The lowest BCUT2D eigenvalue weighted by molar-refractivity contribution is -0.115. The molecule has 4 rings (SSSR count). The van der Waals surface area contributed by atoms with E-state index in [-0.39, 0.29) is 11.4 Å². The first-order chi connectivity index (χ1) is 14.7. The van der Waals surface area contributed by atoms with Gasteiger partial charge in [-0.2, -0.15) is 0 Å². The number of amidine groups is 1. The van der Waals surface area contributed by atoms with Crippen molar-refractivity contribution < 1.29 is 4.79 Å². The molecule has 2 aromatic rings. The van der Waals surface area contributed by atoms with Crippen molar-refractivity contribution in [1.29, 1.82) is 0 Å². The number of nitrogens with zero attached hydrogens (tertiary/aromatic N) is 2. The van der Waals surface area contributed by atoms with Crippen LogP contribution in [0.5, 0.6) is 0 Å². The number of hydrogen-bond acceptors (Lipinski definition) is 4. The Labute approximate surface area is 196 Å². The molecule has 31 heavy (non-hydrogen) atoms. The van der Waals surface area contributed by atoms with E-state index in [0.29, 0.717) is 10.1 Å². The largest absolute Gasteiger partial charge is 0.363 e. The average Bonchev–Trinajstić information content (AvgIpc) is 3.03. The lowest BCUT2D eigenvalue weighted by Crippen LogP contribution is -2.44. The molecule has 0 atom stereocenters. The van der Waals surface area contributed by atoms with Gasteiger partial charge in [-0.05, 0) is 106 Å². The molecule has 1 fully saturated rings. The van der Waals surface area contributed by atoms with Crippen LogP contribution in [-0.4, -0.2) is 23.2 Å². The molecule has 1 N–H and O–H groups in total. The lowest BCUT2D eigenvalue weighted by Gasteiger charge is -2.43. The number of nitrogens with one attached hydrogen (secondary N) is 1. The first kappa shape index (κ1) is 21.9. The molecule has 0 radical (unpaired) electrons. The summed E-state index contributed by atoms with van der Waals surface area (Å²) < 4.78 is 0.998. The van der Waals surface area contributed by atoms with Crippen molar-refractivity contribution >= 4 is 61.8 Å². The maximum absolute atomic E-state index is 12.6. The summed E-state index contributed by atoms with van der Waals surface area (Å²) in [6.45, 7) is 11.9. The van der Waals surface area contributed by atoms with E-state index in [0.717, 1.165) is 27.8 Å².